The third-order valence-corrected chi connectivity index (χ3v) is 6.24. The van der Waals surface area contributed by atoms with Crippen LogP contribution in [0, 0.1) is 0 Å². The number of carbonyl (C=O) groups excluding carboxylic acids is 2. The number of ether oxygens (including phenoxy) is 1. The van der Waals surface area contributed by atoms with Crippen molar-refractivity contribution in [3.05, 3.63) is 60.3 Å². The predicted molar refractivity (Wildman–Crippen MR) is 120 cm³/mol. The smallest absolute Gasteiger partial charge is 0.406 e. The first kappa shape index (κ1) is 22.0. The Morgan fingerprint density at radius 3 is 2.38 bits per heavy atom. The van der Waals surface area contributed by atoms with E-state index >= 15 is 0 Å². The largest absolute Gasteiger partial charge is 0.573 e. The number of aromatic nitrogens is 1. The Balaban J connectivity index is 1.46. The molecule has 1 saturated carbocycles. The molecule has 0 radical (unpaired) electrons. The number of para-hydroxylation sites is 1. The second-order valence-electron chi connectivity index (χ2n) is 8.62. The third kappa shape index (κ3) is 3.59. The van der Waals surface area contributed by atoms with Crippen LogP contribution in [-0.2, 0) is 11.3 Å². The molecule has 10 heteroatoms. The van der Waals surface area contributed by atoms with Gasteiger partial charge in [0.15, 0.2) is 0 Å². The Kier molecular flexibility index (Phi) is 4.92. The van der Waals surface area contributed by atoms with Crippen molar-refractivity contribution >= 4 is 34.2 Å². The van der Waals surface area contributed by atoms with Gasteiger partial charge in [-0.1, -0.05) is 12.1 Å². The number of carbonyl (C=O) groups is 2. The zero-order valence-corrected chi connectivity index (χ0v) is 18.5. The number of anilines is 2. The van der Waals surface area contributed by atoms with Gasteiger partial charge in [0.25, 0.3) is 5.91 Å². The van der Waals surface area contributed by atoms with Gasteiger partial charge in [-0.15, -0.1) is 13.2 Å². The van der Waals surface area contributed by atoms with Crippen LogP contribution < -0.4 is 14.5 Å². The summed E-state index contributed by atoms with van der Waals surface area (Å²) in [7, 11) is 3.85. The lowest BCUT2D eigenvalue weighted by Gasteiger charge is -2.23. The van der Waals surface area contributed by atoms with E-state index in [0.29, 0.717) is 12.8 Å². The summed E-state index contributed by atoms with van der Waals surface area (Å²) in [6, 6.07) is 11.9. The number of hydrogen-bond donors (Lipinski definition) is 0. The second-order valence-corrected chi connectivity index (χ2v) is 8.62. The van der Waals surface area contributed by atoms with Gasteiger partial charge in [0, 0.05) is 32.2 Å². The summed E-state index contributed by atoms with van der Waals surface area (Å²) in [6.45, 7) is 0.215. The van der Waals surface area contributed by atoms with Crippen LogP contribution in [0.5, 0.6) is 5.75 Å². The Labute approximate surface area is 193 Å². The predicted octanol–water partition coefficient (Wildman–Crippen LogP) is 4.70. The lowest BCUT2D eigenvalue weighted by atomic mass is 10.1. The lowest BCUT2D eigenvalue weighted by molar-refractivity contribution is -0.274. The fourth-order valence-corrected chi connectivity index (χ4v) is 4.45. The molecular weight excluding hydrogens is 449 g/mol. The molecule has 0 atom stereocenters. The van der Waals surface area contributed by atoms with Crippen molar-refractivity contribution in [2.24, 2.45) is 0 Å². The summed E-state index contributed by atoms with van der Waals surface area (Å²) >= 11 is 0. The van der Waals surface area contributed by atoms with Gasteiger partial charge in [-0.05, 0) is 54.8 Å². The van der Waals surface area contributed by atoms with E-state index in [-0.39, 0.29) is 18.1 Å². The molecule has 0 unspecified atom stereocenters. The van der Waals surface area contributed by atoms with Gasteiger partial charge in [-0.2, -0.15) is 0 Å². The molecule has 3 aromatic rings. The minimum Gasteiger partial charge on any atom is -0.406 e. The molecule has 2 heterocycles. The molecule has 0 N–H and O–H groups in total. The summed E-state index contributed by atoms with van der Waals surface area (Å²) < 4.78 is 41.3. The minimum absolute atomic E-state index is 0.202. The zero-order valence-electron chi connectivity index (χ0n) is 18.5. The highest BCUT2D eigenvalue weighted by molar-refractivity contribution is 6.24. The average Bonchev–Trinajstić information content (AvgIpc) is 3.55. The van der Waals surface area contributed by atoms with Crippen molar-refractivity contribution in [2.75, 3.05) is 23.9 Å². The molecule has 1 aliphatic carbocycles. The van der Waals surface area contributed by atoms with Gasteiger partial charge in [0.1, 0.15) is 11.3 Å². The SMILES string of the molecule is CN(C)c1cccc2c(CN3C(=O)N(c4ccc(OC(F)(F)F)cc4)C(=O)C34CC4)ccnc12. The summed E-state index contributed by atoms with van der Waals surface area (Å²) in [5.74, 6) is -0.789. The molecule has 7 nitrogen and oxygen atoms in total. The van der Waals surface area contributed by atoms with E-state index in [9.17, 15) is 22.8 Å². The van der Waals surface area contributed by atoms with Crippen LogP contribution in [0.3, 0.4) is 0 Å². The molecule has 2 fully saturated rings. The molecule has 1 aliphatic heterocycles. The van der Waals surface area contributed by atoms with E-state index in [1.54, 1.807) is 11.1 Å². The third-order valence-electron chi connectivity index (χ3n) is 6.24. The van der Waals surface area contributed by atoms with Crippen LogP contribution in [0.2, 0.25) is 0 Å². The molecular formula is C24H21F3N4O3. The summed E-state index contributed by atoms with van der Waals surface area (Å²) in [6.07, 6.45) is -2.07. The highest BCUT2D eigenvalue weighted by atomic mass is 19.4. The van der Waals surface area contributed by atoms with E-state index in [2.05, 4.69) is 9.72 Å². The van der Waals surface area contributed by atoms with Crippen molar-refractivity contribution in [3.63, 3.8) is 0 Å². The normalized spacial score (nSPS) is 17.1. The van der Waals surface area contributed by atoms with Crippen molar-refractivity contribution in [3.8, 4) is 5.75 Å². The van der Waals surface area contributed by atoms with E-state index < -0.39 is 23.7 Å². The van der Waals surface area contributed by atoms with Crippen LogP contribution in [0.4, 0.5) is 29.3 Å². The topological polar surface area (TPSA) is 66.0 Å². The number of rotatable bonds is 5. The quantitative estimate of drug-likeness (QED) is 0.506. The van der Waals surface area contributed by atoms with Crippen molar-refractivity contribution in [1.29, 1.82) is 0 Å². The Bertz CT molecular complexity index is 1290. The molecule has 5 rings (SSSR count). The van der Waals surface area contributed by atoms with Gasteiger partial charge in [0.05, 0.1) is 16.9 Å². The van der Waals surface area contributed by atoms with Crippen molar-refractivity contribution in [2.45, 2.75) is 31.3 Å². The second kappa shape index (κ2) is 7.61. The van der Waals surface area contributed by atoms with Crippen LogP contribution >= 0.6 is 0 Å². The van der Waals surface area contributed by atoms with Gasteiger partial charge >= 0.3 is 12.4 Å². The highest BCUT2D eigenvalue weighted by Crippen LogP contribution is 2.50. The molecule has 3 amide bonds. The molecule has 1 spiro atoms. The Morgan fingerprint density at radius 1 is 1.06 bits per heavy atom. The summed E-state index contributed by atoms with van der Waals surface area (Å²) in [5.41, 5.74) is 1.87. The number of halogens is 3. The van der Waals surface area contributed by atoms with Gasteiger partial charge < -0.3 is 14.5 Å². The fraction of sp³-hybridized carbons (Fsp3) is 0.292. The first-order valence-corrected chi connectivity index (χ1v) is 10.7. The van der Waals surface area contributed by atoms with Crippen LogP contribution in [0.1, 0.15) is 18.4 Å². The standard InChI is InChI=1S/C24H21F3N4O3/c1-29(2)19-5-3-4-18-15(10-13-28-20(18)19)14-30-22(33)31(21(32)23(30)11-12-23)16-6-8-17(9-7-16)34-24(25,26)27/h3-10,13H,11-12,14H2,1-2H3. The number of alkyl halides is 3. The van der Waals surface area contributed by atoms with E-state index in [1.807, 2.05) is 43.3 Å². The molecule has 34 heavy (non-hydrogen) atoms. The van der Waals surface area contributed by atoms with Gasteiger partial charge in [-0.25, -0.2) is 9.69 Å². The summed E-state index contributed by atoms with van der Waals surface area (Å²) in [5, 5.41) is 0.886. The van der Waals surface area contributed by atoms with Crippen molar-refractivity contribution < 1.29 is 27.5 Å². The monoisotopic (exact) mass is 470 g/mol. The maximum atomic E-state index is 13.4. The minimum atomic E-state index is -4.82. The number of nitrogens with zero attached hydrogens (tertiary/aromatic N) is 4. The van der Waals surface area contributed by atoms with E-state index in [1.165, 1.54) is 12.1 Å². The maximum absolute atomic E-state index is 13.4. The summed E-state index contributed by atoms with van der Waals surface area (Å²) in [4.78, 5) is 35.7. The zero-order chi connectivity index (χ0) is 24.3. The molecule has 2 aromatic carbocycles. The fourth-order valence-electron chi connectivity index (χ4n) is 4.45. The van der Waals surface area contributed by atoms with Crippen LogP contribution in [0.25, 0.3) is 10.9 Å². The number of amides is 3. The number of pyridine rings is 1. The van der Waals surface area contributed by atoms with Gasteiger partial charge in [-0.3, -0.25) is 9.78 Å². The van der Waals surface area contributed by atoms with Crippen LogP contribution in [0.15, 0.2) is 54.7 Å². The van der Waals surface area contributed by atoms with E-state index in [4.69, 9.17) is 0 Å². The molecule has 176 valence electrons. The molecule has 0 bridgehead atoms. The number of fused-ring (bicyclic) bond motifs is 1. The van der Waals surface area contributed by atoms with E-state index in [0.717, 1.165) is 39.2 Å². The average molecular weight is 470 g/mol. The number of urea groups is 1. The Morgan fingerprint density at radius 2 is 1.76 bits per heavy atom. The number of imide groups is 1. The van der Waals surface area contributed by atoms with Gasteiger partial charge in [0.2, 0.25) is 0 Å². The first-order valence-electron chi connectivity index (χ1n) is 10.7. The lowest BCUT2D eigenvalue weighted by Crippen LogP contribution is -2.36. The molecule has 2 aliphatic rings. The maximum Gasteiger partial charge on any atom is 0.573 e. The molecule has 1 aromatic heterocycles. The Hall–Kier alpha value is -3.82. The number of benzene rings is 2. The highest BCUT2D eigenvalue weighted by Gasteiger charge is 2.65. The van der Waals surface area contributed by atoms with Crippen LogP contribution in [-0.4, -0.2) is 47.8 Å². The molecule has 1 saturated heterocycles. The number of hydrogen-bond acceptors (Lipinski definition) is 5. The van der Waals surface area contributed by atoms with Crippen molar-refractivity contribution in [1.82, 2.24) is 9.88 Å². The first-order chi connectivity index (χ1) is 16.1.